The Labute approximate surface area is 73.0 Å². The molecule has 2 nitrogen and oxygen atoms in total. The molecule has 0 radical (unpaired) electrons. The van der Waals surface area contributed by atoms with E-state index in [4.69, 9.17) is 0 Å². The molecule has 64 valence electrons. The summed E-state index contributed by atoms with van der Waals surface area (Å²) in [7, 11) is 0. The molecule has 1 aromatic rings. The fraction of sp³-hybridized carbons (Fsp3) is 0.500. The van der Waals surface area contributed by atoms with E-state index in [1.807, 2.05) is 18.5 Å². The first kappa shape index (κ1) is 7.59. The van der Waals surface area contributed by atoms with Crippen LogP contribution >= 0.6 is 0 Å². The number of nitrogens with one attached hydrogen (secondary N) is 1. The molecule has 1 aliphatic rings. The van der Waals surface area contributed by atoms with Crippen molar-refractivity contribution in [2.45, 2.75) is 26.3 Å². The highest BCUT2D eigenvalue weighted by atomic mass is 15.0. The monoisotopic (exact) mass is 162 g/mol. The molecular formula is C10H14N2. The van der Waals surface area contributed by atoms with Crippen LogP contribution in [0.1, 0.15) is 18.9 Å². The Kier molecular flexibility index (Phi) is 1.75. The lowest BCUT2D eigenvalue weighted by Crippen LogP contribution is -2.04. The predicted molar refractivity (Wildman–Crippen MR) is 50.2 cm³/mol. The van der Waals surface area contributed by atoms with Crippen molar-refractivity contribution in [1.29, 1.82) is 0 Å². The third-order valence-corrected chi connectivity index (χ3v) is 2.47. The van der Waals surface area contributed by atoms with Gasteiger partial charge in [0.2, 0.25) is 0 Å². The van der Waals surface area contributed by atoms with Gasteiger partial charge in [-0.05, 0) is 30.9 Å². The average molecular weight is 162 g/mol. The molecule has 2 rings (SSSR count). The second-order valence-corrected chi connectivity index (χ2v) is 3.65. The summed E-state index contributed by atoms with van der Waals surface area (Å²) in [6.07, 6.45) is 5.04. The van der Waals surface area contributed by atoms with Crippen molar-refractivity contribution in [2.75, 3.05) is 5.32 Å². The van der Waals surface area contributed by atoms with E-state index in [-0.39, 0.29) is 0 Å². The molecule has 1 saturated carbocycles. The van der Waals surface area contributed by atoms with E-state index in [0.29, 0.717) is 6.04 Å². The van der Waals surface area contributed by atoms with Crippen LogP contribution in [0.25, 0.3) is 0 Å². The molecule has 0 bridgehead atoms. The Hall–Kier alpha value is -1.05. The van der Waals surface area contributed by atoms with Crippen LogP contribution in [-0.4, -0.2) is 11.0 Å². The first-order valence-corrected chi connectivity index (χ1v) is 4.44. The van der Waals surface area contributed by atoms with Gasteiger partial charge in [0.25, 0.3) is 0 Å². The number of hydrogen-bond acceptors (Lipinski definition) is 2. The molecule has 12 heavy (non-hydrogen) atoms. The van der Waals surface area contributed by atoms with Crippen molar-refractivity contribution in [3.63, 3.8) is 0 Å². The number of anilines is 1. The molecule has 1 aliphatic carbocycles. The van der Waals surface area contributed by atoms with Gasteiger partial charge in [-0.1, -0.05) is 6.92 Å². The van der Waals surface area contributed by atoms with Crippen molar-refractivity contribution in [1.82, 2.24) is 4.98 Å². The van der Waals surface area contributed by atoms with E-state index in [1.165, 1.54) is 17.7 Å². The van der Waals surface area contributed by atoms with Gasteiger partial charge in [-0.3, -0.25) is 4.98 Å². The molecule has 2 unspecified atom stereocenters. The van der Waals surface area contributed by atoms with Gasteiger partial charge in [0.1, 0.15) is 0 Å². The van der Waals surface area contributed by atoms with Crippen LogP contribution in [0.5, 0.6) is 0 Å². The highest BCUT2D eigenvalue weighted by Gasteiger charge is 2.32. The van der Waals surface area contributed by atoms with Crippen molar-refractivity contribution in [2.24, 2.45) is 5.92 Å². The normalized spacial score (nSPS) is 26.8. The van der Waals surface area contributed by atoms with Crippen LogP contribution in [0.2, 0.25) is 0 Å². The number of hydrogen-bond donors (Lipinski definition) is 1. The Morgan fingerprint density at radius 1 is 1.58 bits per heavy atom. The summed E-state index contributed by atoms with van der Waals surface area (Å²) in [6, 6.07) is 2.74. The SMILES string of the molecule is Cc1cnccc1NC1CC1C. The third-order valence-electron chi connectivity index (χ3n) is 2.47. The lowest BCUT2D eigenvalue weighted by Gasteiger charge is -2.06. The molecule has 2 heteroatoms. The molecular weight excluding hydrogens is 148 g/mol. The van der Waals surface area contributed by atoms with E-state index >= 15 is 0 Å². The second-order valence-electron chi connectivity index (χ2n) is 3.65. The Morgan fingerprint density at radius 2 is 2.33 bits per heavy atom. The first-order valence-electron chi connectivity index (χ1n) is 4.44. The van der Waals surface area contributed by atoms with Gasteiger partial charge >= 0.3 is 0 Å². The summed E-state index contributed by atoms with van der Waals surface area (Å²) in [4.78, 5) is 4.05. The van der Waals surface area contributed by atoms with Gasteiger partial charge in [0.15, 0.2) is 0 Å². The van der Waals surface area contributed by atoms with Crippen LogP contribution in [-0.2, 0) is 0 Å². The van der Waals surface area contributed by atoms with E-state index < -0.39 is 0 Å². The van der Waals surface area contributed by atoms with Gasteiger partial charge in [-0.15, -0.1) is 0 Å². The van der Waals surface area contributed by atoms with Gasteiger partial charge in [0, 0.05) is 24.1 Å². The van der Waals surface area contributed by atoms with E-state index in [9.17, 15) is 0 Å². The third kappa shape index (κ3) is 1.42. The van der Waals surface area contributed by atoms with E-state index in [2.05, 4.69) is 24.1 Å². The highest BCUT2D eigenvalue weighted by molar-refractivity contribution is 5.50. The zero-order valence-corrected chi connectivity index (χ0v) is 7.54. The van der Waals surface area contributed by atoms with Gasteiger partial charge in [-0.25, -0.2) is 0 Å². The predicted octanol–water partition coefficient (Wildman–Crippen LogP) is 2.21. The Balaban J connectivity index is 2.08. The van der Waals surface area contributed by atoms with E-state index in [1.54, 1.807) is 0 Å². The van der Waals surface area contributed by atoms with Crippen molar-refractivity contribution < 1.29 is 0 Å². The maximum Gasteiger partial charge on any atom is 0.0403 e. The first-order chi connectivity index (χ1) is 5.77. The number of aryl methyl sites for hydroxylation is 1. The van der Waals surface area contributed by atoms with E-state index in [0.717, 1.165) is 5.92 Å². The molecule has 0 saturated heterocycles. The Morgan fingerprint density at radius 3 is 2.92 bits per heavy atom. The number of aromatic nitrogens is 1. The lowest BCUT2D eigenvalue weighted by molar-refractivity contribution is 0.927. The zero-order valence-electron chi connectivity index (χ0n) is 7.54. The van der Waals surface area contributed by atoms with Crippen LogP contribution in [0.4, 0.5) is 5.69 Å². The van der Waals surface area contributed by atoms with Crippen molar-refractivity contribution in [3.8, 4) is 0 Å². The van der Waals surface area contributed by atoms with Crippen LogP contribution in [0, 0.1) is 12.8 Å². The summed E-state index contributed by atoms with van der Waals surface area (Å²) in [5, 5.41) is 3.49. The summed E-state index contributed by atoms with van der Waals surface area (Å²) in [6.45, 7) is 4.36. The fourth-order valence-corrected chi connectivity index (χ4v) is 1.36. The maximum absolute atomic E-state index is 4.05. The van der Waals surface area contributed by atoms with Crippen LogP contribution < -0.4 is 5.32 Å². The molecule has 0 amide bonds. The maximum atomic E-state index is 4.05. The number of nitrogens with zero attached hydrogens (tertiary/aromatic N) is 1. The molecule has 0 aromatic carbocycles. The number of pyridine rings is 1. The second kappa shape index (κ2) is 2.77. The molecule has 2 atom stereocenters. The number of rotatable bonds is 2. The summed E-state index contributed by atoms with van der Waals surface area (Å²) in [5.74, 6) is 0.845. The van der Waals surface area contributed by atoms with Crippen molar-refractivity contribution in [3.05, 3.63) is 24.0 Å². The van der Waals surface area contributed by atoms with Gasteiger partial charge in [0.05, 0.1) is 0 Å². The summed E-state index contributed by atoms with van der Waals surface area (Å²) in [5.41, 5.74) is 2.47. The quantitative estimate of drug-likeness (QED) is 0.721. The molecule has 1 aromatic heterocycles. The zero-order chi connectivity index (χ0) is 8.55. The standard InChI is InChI=1S/C10H14N2/c1-7-5-10(7)12-9-3-4-11-6-8(9)2/h3-4,6-7,10H,5H2,1-2H3,(H,11,12). The molecule has 0 aliphatic heterocycles. The van der Waals surface area contributed by atoms with Gasteiger partial charge < -0.3 is 5.32 Å². The smallest absolute Gasteiger partial charge is 0.0403 e. The minimum Gasteiger partial charge on any atom is -0.382 e. The van der Waals surface area contributed by atoms with Crippen LogP contribution in [0.3, 0.4) is 0 Å². The molecule has 1 fully saturated rings. The fourth-order valence-electron chi connectivity index (χ4n) is 1.36. The Bertz CT molecular complexity index is 283. The molecule has 0 spiro atoms. The molecule has 1 heterocycles. The summed E-state index contributed by atoms with van der Waals surface area (Å²) < 4.78 is 0. The minimum atomic E-state index is 0.700. The van der Waals surface area contributed by atoms with Crippen molar-refractivity contribution >= 4 is 5.69 Å². The van der Waals surface area contributed by atoms with Gasteiger partial charge in [-0.2, -0.15) is 0 Å². The lowest BCUT2D eigenvalue weighted by atomic mass is 10.2. The molecule has 1 N–H and O–H groups in total. The largest absolute Gasteiger partial charge is 0.382 e. The van der Waals surface area contributed by atoms with Crippen LogP contribution in [0.15, 0.2) is 18.5 Å². The summed E-state index contributed by atoms with van der Waals surface area (Å²) >= 11 is 0. The minimum absolute atomic E-state index is 0.700. The highest BCUT2D eigenvalue weighted by Crippen LogP contribution is 2.33. The topological polar surface area (TPSA) is 24.9 Å². The average Bonchev–Trinajstić information content (AvgIpc) is 2.72.